The van der Waals surface area contributed by atoms with Gasteiger partial charge in [0, 0.05) is 11.6 Å². The average molecular weight is 309 g/mol. The van der Waals surface area contributed by atoms with Crippen LogP contribution >= 0.6 is 0 Å². The van der Waals surface area contributed by atoms with Gasteiger partial charge in [-0.05, 0) is 18.1 Å². The number of aryl methyl sites for hydroxylation is 1. The molecule has 0 aliphatic rings. The van der Waals surface area contributed by atoms with Crippen LogP contribution in [0.25, 0.3) is 16.9 Å². The van der Waals surface area contributed by atoms with Crippen molar-refractivity contribution >= 4 is 0 Å². The summed E-state index contributed by atoms with van der Waals surface area (Å²) in [6, 6.07) is 13.4. The second-order valence-corrected chi connectivity index (χ2v) is 5.30. The predicted molar refractivity (Wildman–Crippen MR) is 89.0 cm³/mol. The maximum absolute atomic E-state index is 10.4. The standard InChI is InChI=1S/C18H19N3O2/c1-3-7-14-10-15(17(22)11-18(14)23-2)21-16(12-19-20-21)13-8-5-4-6-9-13/h4-6,8-12,22H,3,7H2,1-2H3. The molecule has 0 radical (unpaired) electrons. The van der Waals surface area contributed by atoms with E-state index >= 15 is 0 Å². The number of phenols is 1. The Morgan fingerprint density at radius 1 is 1.17 bits per heavy atom. The minimum atomic E-state index is 0.115. The highest BCUT2D eigenvalue weighted by Gasteiger charge is 2.15. The predicted octanol–water partition coefficient (Wildman–Crippen LogP) is 3.60. The Hall–Kier alpha value is -2.82. The molecular weight excluding hydrogens is 290 g/mol. The fraction of sp³-hybridized carbons (Fsp3) is 0.222. The molecule has 5 heteroatoms. The molecule has 0 spiro atoms. The van der Waals surface area contributed by atoms with E-state index in [2.05, 4.69) is 17.2 Å². The molecule has 0 amide bonds. The summed E-state index contributed by atoms with van der Waals surface area (Å²) in [5, 5.41) is 18.5. The lowest BCUT2D eigenvalue weighted by molar-refractivity contribution is 0.401. The molecule has 23 heavy (non-hydrogen) atoms. The molecule has 0 aliphatic heterocycles. The van der Waals surface area contributed by atoms with E-state index < -0.39 is 0 Å². The van der Waals surface area contributed by atoms with E-state index in [0.29, 0.717) is 11.4 Å². The Kier molecular flexibility index (Phi) is 4.28. The Balaban J connectivity index is 2.13. The zero-order valence-corrected chi connectivity index (χ0v) is 13.2. The number of ether oxygens (including phenoxy) is 1. The normalized spacial score (nSPS) is 10.7. The van der Waals surface area contributed by atoms with E-state index in [0.717, 1.165) is 29.7 Å². The van der Waals surface area contributed by atoms with Crippen LogP contribution < -0.4 is 4.74 Å². The van der Waals surface area contributed by atoms with Gasteiger partial charge in [0.15, 0.2) is 0 Å². The topological polar surface area (TPSA) is 60.2 Å². The second-order valence-electron chi connectivity index (χ2n) is 5.30. The number of phenolic OH excluding ortho intramolecular Hbond substituents is 1. The van der Waals surface area contributed by atoms with Crippen LogP contribution in [-0.4, -0.2) is 27.2 Å². The average Bonchev–Trinajstić information content (AvgIpc) is 3.06. The van der Waals surface area contributed by atoms with Gasteiger partial charge < -0.3 is 9.84 Å². The maximum Gasteiger partial charge on any atom is 0.145 e. The van der Waals surface area contributed by atoms with Crippen LogP contribution in [0.4, 0.5) is 0 Å². The van der Waals surface area contributed by atoms with Crippen molar-refractivity contribution in [3.8, 4) is 28.4 Å². The Bertz CT molecular complexity index is 797. The molecule has 0 unspecified atom stereocenters. The molecule has 2 aromatic carbocycles. The summed E-state index contributed by atoms with van der Waals surface area (Å²) >= 11 is 0. The smallest absolute Gasteiger partial charge is 0.145 e. The SMILES string of the molecule is CCCc1cc(-n2nncc2-c2ccccc2)c(O)cc1OC. The van der Waals surface area contributed by atoms with Gasteiger partial charge in [0.05, 0.1) is 19.0 Å². The van der Waals surface area contributed by atoms with E-state index in [4.69, 9.17) is 4.74 Å². The van der Waals surface area contributed by atoms with E-state index in [9.17, 15) is 5.11 Å². The van der Waals surface area contributed by atoms with Gasteiger partial charge in [-0.25, -0.2) is 4.68 Å². The van der Waals surface area contributed by atoms with E-state index in [1.54, 1.807) is 24.1 Å². The second kappa shape index (κ2) is 6.52. The van der Waals surface area contributed by atoms with Crippen LogP contribution in [0, 0.1) is 0 Å². The molecule has 1 heterocycles. The molecule has 0 saturated heterocycles. The maximum atomic E-state index is 10.4. The van der Waals surface area contributed by atoms with Crippen LogP contribution in [0.1, 0.15) is 18.9 Å². The summed E-state index contributed by atoms with van der Waals surface area (Å²) < 4.78 is 7.02. The fourth-order valence-electron chi connectivity index (χ4n) is 2.64. The number of nitrogens with zero attached hydrogens (tertiary/aromatic N) is 3. The van der Waals surface area contributed by atoms with Crippen LogP contribution in [0.5, 0.6) is 11.5 Å². The zero-order chi connectivity index (χ0) is 16.2. The largest absolute Gasteiger partial charge is 0.506 e. The third-order valence-corrected chi connectivity index (χ3v) is 3.74. The Morgan fingerprint density at radius 3 is 2.65 bits per heavy atom. The number of hydrogen-bond donors (Lipinski definition) is 1. The summed E-state index contributed by atoms with van der Waals surface area (Å²) in [7, 11) is 1.61. The summed E-state index contributed by atoms with van der Waals surface area (Å²) in [6.07, 6.45) is 3.55. The lowest BCUT2D eigenvalue weighted by Crippen LogP contribution is -2.02. The van der Waals surface area contributed by atoms with Crippen molar-refractivity contribution in [2.45, 2.75) is 19.8 Å². The summed E-state index contributed by atoms with van der Waals surface area (Å²) in [6.45, 7) is 2.11. The van der Waals surface area contributed by atoms with Crippen LogP contribution in [0.3, 0.4) is 0 Å². The van der Waals surface area contributed by atoms with Gasteiger partial charge >= 0.3 is 0 Å². The molecule has 3 aromatic rings. The number of aromatic nitrogens is 3. The Labute approximate surface area is 135 Å². The van der Waals surface area contributed by atoms with Crippen LogP contribution in [0.2, 0.25) is 0 Å². The fourth-order valence-corrected chi connectivity index (χ4v) is 2.64. The van der Waals surface area contributed by atoms with Gasteiger partial charge in [-0.1, -0.05) is 48.9 Å². The highest BCUT2D eigenvalue weighted by Crippen LogP contribution is 2.33. The van der Waals surface area contributed by atoms with Gasteiger partial charge in [-0.3, -0.25) is 0 Å². The first-order valence-electron chi connectivity index (χ1n) is 7.61. The van der Waals surface area contributed by atoms with E-state index in [1.807, 2.05) is 36.4 Å². The number of hydrogen-bond acceptors (Lipinski definition) is 4. The molecule has 0 saturated carbocycles. The lowest BCUT2D eigenvalue weighted by atomic mass is 10.1. The van der Waals surface area contributed by atoms with Crippen molar-refractivity contribution < 1.29 is 9.84 Å². The number of benzene rings is 2. The van der Waals surface area contributed by atoms with Gasteiger partial charge in [-0.15, -0.1) is 5.10 Å². The summed E-state index contributed by atoms with van der Waals surface area (Å²) in [4.78, 5) is 0. The first-order chi connectivity index (χ1) is 11.2. The molecule has 0 bridgehead atoms. The first-order valence-corrected chi connectivity index (χ1v) is 7.61. The number of aromatic hydroxyl groups is 1. The van der Waals surface area contributed by atoms with Gasteiger partial charge in [-0.2, -0.15) is 0 Å². The molecule has 0 atom stereocenters. The molecule has 1 aromatic heterocycles. The highest BCUT2D eigenvalue weighted by molar-refractivity contribution is 5.63. The summed E-state index contributed by atoms with van der Waals surface area (Å²) in [5.41, 5.74) is 3.46. The van der Waals surface area contributed by atoms with Gasteiger partial charge in [0.1, 0.15) is 17.2 Å². The van der Waals surface area contributed by atoms with Crippen LogP contribution in [-0.2, 0) is 6.42 Å². The quantitative estimate of drug-likeness (QED) is 0.782. The molecular formula is C18H19N3O2. The van der Waals surface area contributed by atoms with Crippen molar-refractivity contribution in [2.24, 2.45) is 0 Å². The molecule has 0 aliphatic carbocycles. The van der Waals surface area contributed by atoms with Crippen molar-refractivity contribution in [3.63, 3.8) is 0 Å². The molecule has 3 rings (SSSR count). The lowest BCUT2D eigenvalue weighted by Gasteiger charge is -2.13. The van der Waals surface area contributed by atoms with Gasteiger partial charge in [0.25, 0.3) is 0 Å². The van der Waals surface area contributed by atoms with Crippen molar-refractivity contribution in [1.82, 2.24) is 15.0 Å². The highest BCUT2D eigenvalue weighted by atomic mass is 16.5. The Morgan fingerprint density at radius 2 is 1.96 bits per heavy atom. The first kappa shape index (κ1) is 15.1. The van der Waals surface area contributed by atoms with Crippen molar-refractivity contribution in [2.75, 3.05) is 7.11 Å². The molecule has 1 N–H and O–H groups in total. The van der Waals surface area contributed by atoms with Crippen molar-refractivity contribution in [3.05, 3.63) is 54.2 Å². The zero-order valence-electron chi connectivity index (χ0n) is 13.2. The summed E-state index contributed by atoms with van der Waals surface area (Å²) in [5.74, 6) is 0.805. The minimum Gasteiger partial charge on any atom is -0.506 e. The monoisotopic (exact) mass is 309 g/mol. The third kappa shape index (κ3) is 2.90. The third-order valence-electron chi connectivity index (χ3n) is 3.74. The van der Waals surface area contributed by atoms with Crippen LogP contribution in [0.15, 0.2) is 48.7 Å². The van der Waals surface area contributed by atoms with E-state index in [1.165, 1.54) is 0 Å². The van der Waals surface area contributed by atoms with Crippen molar-refractivity contribution in [1.29, 1.82) is 0 Å². The number of methoxy groups -OCH3 is 1. The molecule has 0 fully saturated rings. The molecule has 5 nitrogen and oxygen atoms in total. The minimum absolute atomic E-state index is 0.115. The number of rotatable bonds is 5. The molecule has 118 valence electrons. The van der Waals surface area contributed by atoms with Gasteiger partial charge in [0.2, 0.25) is 0 Å². The van der Waals surface area contributed by atoms with E-state index in [-0.39, 0.29) is 5.75 Å².